The van der Waals surface area contributed by atoms with Gasteiger partial charge in [0.25, 0.3) is 0 Å². The van der Waals surface area contributed by atoms with Crippen molar-refractivity contribution in [1.29, 1.82) is 0 Å². The summed E-state index contributed by atoms with van der Waals surface area (Å²) in [6.07, 6.45) is 3.70. The van der Waals surface area contributed by atoms with Gasteiger partial charge in [0.1, 0.15) is 9.22 Å². The minimum atomic E-state index is -0.462. The van der Waals surface area contributed by atoms with Crippen LogP contribution in [0.5, 0.6) is 0 Å². The zero-order valence-corrected chi connectivity index (χ0v) is 10.5. The van der Waals surface area contributed by atoms with Gasteiger partial charge in [-0.1, -0.05) is 11.6 Å². The van der Waals surface area contributed by atoms with Gasteiger partial charge in [-0.2, -0.15) is 5.10 Å². The quantitative estimate of drug-likeness (QED) is 0.591. The molecule has 2 aromatic heterocycles. The van der Waals surface area contributed by atoms with Gasteiger partial charge in [-0.25, -0.2) is 9.37 Å². The van der Waals surface area contributed by atoms with Gasteiger partial charge in [0.15, 0.2) is 11.0 Å². The lowest BCUT2D eigenvalue weighted by molar-refractivity contribution is 0.599. The Morgan fingerprint density at radius 2 is 2.27 bits per heavy atom. The van der Waals surface area contributed by atoms with Crippen molar-refractivity contribution >= 4 is 45.1 Å². The summed E-state index contributed by atoms with van der Waals surface area (Å²) in [6, 6.07) is 0.337. The first-order chi connectivity index (χ1) is 7.18. The molecule has 1 fully saturated rings. The van der Waals surface area contributed by atoms with Crippen LogP contribution in [0.3, 0.4) is 0 Å². The summed E-state index contributed by atoms with van der Waals surface area (Å²) in [6.45, 7) is 0. The fourth-order valence-corrected chi connectivity index (χ4v) is 2.38. The maximum absolute atomic E-state index is 13.8. The summed E-state index contributed by atoms with van der Waals surface area (Å²) in [4.78, 5) is 3.79. The number of aromatic nitrogens is 3. The van der Waals surface area contributed by atoms with Crippen LogP contribution in [0, 0.1) is 9.52 Å². The van der Waals surface area contributed by atoms with E-state index in [0.717, 1.165) is 21.9 Å². The van der Waals surface area contributed by atoms with Crippen molar-refractivity contribution in [3.63, 3.8) is 0 Å². The van der Waals surface area contributed by atoms with Gasteiger partial charge in [-0.15, -0.1) is 0 Å². The van der Waals surface area contributed by atoms with E-state index >= 15 is 0 Å². The Balaban J connectivity index is 2.40. The molecule has 6 heteroatoms. The molecular formula is C9H6ClFIN3. The van der Waals surface area contributed by atoms with Gasteiger partial charge in [0.2, 0.25) is 0 Å². The topological polar surface area (TPSA) is 30.7 Å². The molecule has 1 aliphatic carbocycles. The van der Waals surface area contributed by atoms with Gasteiger partial charge in [-0.05, 0) is 35.4 Å². The zero-order chi connectivity index (χ0) is 10.6. The van der Waals surface area contributed by atoms with Crippen LogP contribution in [0.15, 0.2) is 6.20 Å². The van der Waals surface area contributed by atoms with Crippen LogP contribution in [-0.2, 0) is 0 Å². The number of fused-ring (bicyclic) bond motifs is 1. The number of nitrogens with zero attached hydrogens (tertiary/aromatic N) is 3. The molecule has 0 unspecified atom stereocenters. The van der Waals surface area contributed by atoms with Crippen molar-refractivity contribution < 1.29 is 4.39 Å². The molecule has 0 atom stereocenters. The molecule has 15 heavy (non-hydrogen) atoms. The molecule has 0 spiro atoms. The number of halogens is 3. The summed E-state index contributed by atoms with van der Waals surface area (Å²) >= 11 is 7.75. The molecule has 0 saturated heterocycles. The largest absolute Gasteiger partial charge is 0.258 e. The molecule has 78 valence electrons. The van der Waals surface area contributed by atoms with Crippen LogP contribution in [0.2, 0.25) is 5.15 Å². The maximum Gasteiger partial charge on any atom is 0.186 e. The predicted octanol–water partition coefficient (Wildman–Crippen LogP) is 3.16. The summed E-state index contributed by atoms with van der Waals surface area (Å²) in [5.41, 5.74) is 0.488. The molecule has 2 aromatic rings. The van der Waals surface area contributed by atoms with E-state index in [2.05, 4.69) is 32.7 Å². The molecule has 3 nitrogen and oxygen atoms in total. The van der Waals surface area contributed by atoms with Crippen LogP contribution in [-0.4, -0.2) is 14.8 Å². The Morgan fingerprint density at radius 3 is 2.93 bits per heavy atom. The Hall–Kier alpha value is -0.430. The van der Waals surface area contributed by atoms with Crippen molar-refractivity contribution in [2.45, 2.75) is 18.9 Å². The third-order valence-corrected chi connectivity index (χ3v) is 3.55. The second kappa shape index (κ2) is 3.28. The lowest BCUT2D eigenvalue weighted by Gasteiger charge is -2.01. The highest BCUT2D eigenvalue weighted by molar-refractivity contribution is 14.1. The van der Waals surface area contributed by atoms with Gasteiger partial charge >= 0.3 is 0 Å². The molecule has 0 amide bonds. The van der Waals surface area contributed by atoms with E-state index in [1.807, 2.05) is 0 Å². The zero-order valence-electron chi connectivity index (χ0n) is 7.54. The van der Waals surface area contributed by atoms with E-state index in [1.54, 1.807) is 10.9 Å². The first kappa shape index (κ1) is 9.77. The first-order valence-electron chi connectivity index (χ1n) is 4.56. The average Bonchev–Trinajstić information content (AvgIpc) is 2.98. The highest BCUT2D eigenvalue weighted by atomic mass is 127. The van der Waals surface area contributed by atoms with E-state index < -0.39 is 5.82 Å². The summed E-state index contributed by atoms with van der Waals surface area (Å²) in [7, 11) is 0. The fourth-order valence-electron chi connectivity index (χ4n) is 1.61. The van der Waals surface area contributed by atoms with Crippen molar-refractivity contribution in [2.75, 3.05) is 0 Å². The van der Waals surface area contributed by atoms with Gasteiger partial charge in [0.05, 0.1) is 11.4 Å². The summed E-state index contributed by atoms with van der Waals surface area (Å²) < 4.78 is 16.3. The number of hydrogen-bond acceptors (Lipinski definition) is 2. The van der Waals surface area contributed by atoms with E-state index in [9.17, 15) is 4.39 Å². The highest BCUT2D eigenvalue weighted by Crippen LogP contribution is 2.38. The lowest BCUT2D eigenvalue weighted by atomic mass is 10.3. The van der Waals surface area contributed by atoms with Crippen LogP contribution < -0.4 is 0 Å². The minimum absolute atomic E-state index is 0.0827. The molecule has 0 aliphatic heterocycles. The highest BCUT2D eigenvalue weighted by Gasteiger charge is 2.29. The molecule has 0 aromatic carbocycles. The number of pyridine rings is 1. The van der Waals surface area contributed by atoms with E-state index in [4.69, 9.17) is 11.6 Å². The minimum Gasteiger partial charge on any atom is -0.258 e. The van der Waals surface area contributed by atoms with E-state index in [-0.39, 0.29) is 5.15 Å². The second-order valence-electron chi connectivity index (χ2n) is 3.59. The Kier molecular flexibility index (Phi) is 2.14. The van der Waals surface area contributed by atoms with Crippen LogP contribution in [0.25, 0.3) is 10.9 Å². The standard InChI is InChI=1S/C9H6ClFIN3/c10-8-6(11)7-5(3-13-8)9(12)14-15(7)4-1-2-4/h3-4H,1-2H2. The normalized spacial score (nSPS) is 16.2. The number of rotatable bonds is 1. The molecule has 0 bridgehead atoms. The SMILES string of the molecule is Fc1c(Cl)ncc2c(I)nn(C3CC3)c12. The van der Waals surface area contributed by atoms with E-state index in [1.165, 1.54) is 0 Å². The Labute approximate surface area is 104 Å². The Bertz CT molecular complexity index is 550. The fraction of sp³-hybridized carbons (Fsp3) is 0.333. The monoisotopic (exact) mass is 337 g/mol. The van der Waals surface area contributed by atoms with Gasteiger partial charge in [0, 0.05) is 6.20 Å². The average molecular weight is 338 g/mol. The predicted molar refractivity (Wildman–Crippen MR) is 63.5 cm³/mol. The van der Waals surface area contributed by atoms with Gasteiger partial charge in [-0.3, -0.25) is 4.68 Å². The third kappa shape index (κ3) is 1.44. The molecule has 1 aliphatic rings. The van der Waals surface area contributed by atoms with Crippen molar-refractivity contribution in [1.82, 2.24) is 14.8 Å². The Morgan fingerprint density at radius 1 is 1.53 bits per heavy atom. The van der Waals surface area contributed by atoms with Crippen LogP contribution >= 0.6 is 34.2 Å². The molecule has 0 radical (unpaired) electrons. The van der Waals surface area contributed by atoms with Crippen LogP contribution in [0.4, 0.5) is 4.39 Å². The molecule has 1 saturated carbocycles. The van der Waals surface area contributed by atoms with Gasteiger partial charge < -0.3 is 0 Å². The molecule has 3 rings (SSSR count). The molecular weight excluding hydrogens is 331 g/mol. The number of hydrogen-bond donors (Lipinski definition) is 0. The molecule has 2 heterocycles. The smallest absolute Gasteiger partial charge is 0.186 e. The lowest BCUT2D eigenvalue weighted by Crippen LogP contribution is -1.98. The second-order valence-corrected chi connectivity index (χ2v) is 4.97. The van der Waals surface area contributed by atoms with Crippen molar-refractivity contribution in [2.24, 2.45) is 0 Å². The van der Waals surface area contributed by atoms with Crippen LogP contribution in [0.1, 0.15) is 18.9 Å². The summed E-state index contributed by atoms with van der Waals surface area (Å²) in [5.74, 6) is -0.462. The van der Waals surface area contributed by atoms with Crippen molar-refractivity contribution in [3.8, 4) is 0 Å². The van der Waals surface area contributed by atoms with Crippen molar-refractivity contribution in [3.05, 3.63) is 20.9 Å². The first-order valence-corrected chi connectivity index (χ1v) is 6.02. The maximum atomic E-state index is 13.8. The summed E-state index contributed by atoms with van der Waals surface area (Å²) in [5, 5.41) is 4.98. The van der Waals surface area contributed by atoms with E-state index in [0.29, 0.717) is 11.6 Å². The third-order valence-electron chi connectivity index (χ3n) is 2.49. The molecule has 0 N–H and O–H groups in total.